The number of phenolic OH excluding ortho intramolecular Hbond substituents is 3. The summed E-state index contributed by atoms with van der Waals surface area (Å²) in [7, 11) is 1.38. The van der Waals surface area contributed by atoms with Crippen LogP contribution in [-0.4, -0.2) is 181 Å². The van der Waals surface area contributed by atoms with Crippen LogP contribution in [0.3, 0.4) is 0 Å². The summed E-state index contributed by atoms with van der Waals surface area (Å²) >= 11 is 0. The van der Waals surface area contributed by atoms with Crippen LogP contribution in [0.25, 0.3) is 6.08 Å². The first-order valence-corrected chi connectivity index (χ1v) is 17.6. The SMILES string of the molecule is COc1cc(CCO[C@H]2O[C@H](CO[C@@H]3O[C@H](CO)[C@@H](O)[C@H](O[C@@H]4O[C@H](C)[C@H](O)[C@H](O)[C@@H]4O)[C@H]3O)[C@@H](OC(=O)/C=C/c3ccc(O)c(O)c3)[C@H](O)[C@@H]2O)ccc1O. The largest absolute Gasteiger partial charge is 0.504 e. The molecule has 0 amide bonds. The van der Waals surface area contributed by atoms with Crippen LogP contribution in [-0.2, 0) is 44.4 Å². The zero-order valence-corrected chi connectivity index (χ0v) is 30.2. The molecule has 3 aliphatic heterocycles. The van der Waals surface area contributed by atoms with Gasteiger partial charge in [-0.2, -0.15) is 0 Å². The van der Waals surface area contributed by atoms with Gasteiger partial charge in [0.25, 0.3) is 0 Å². The van der Waals surface area contributed by atoms with Crippen LogP contribution < -0.4 is 4.74 Å². The molecule has 0 aromatic heterocycles. The minimum atomic E-state index is -1.87. The van der Waals surface area contributed by atoms with Crippen LogP contribution in [0.4, 0.5) is 0 Å². The van der Waals surface area contributed by atoms with E-state index in [-0.39, 0.29) is 30.3 Å². The van der Waals surface area contributed by atoms with Crippen LogP contribution >= 0.6 is 0 Å². The van der Waals surface area contributed by atoms with Crippen molar-refractivity contribution >= 4 is 12.0 Å². The van der Waals surface area contributed by atoms with Gasteiger partial charge in [-0.25, -0.2) is 4.79 Å². The number of aliphatic hydroxyl groups is 8. The summed E-state index contributed by atoms with van der Waals surface area (Å²) in [5, 5.41) is 114. The molecule has 3 fully saturated rings. The van der Waals surface area contributed by atoms with Crippen LogP contribution in [0.2, 0.25) is 0 Å². The number of aromatic hydroxyl groups is 3. The lowest BCUT2D eigenvalue weighted by atomic mass is 9.97. The van der Waals surface area contributed by atoms with Crippen molar-refractivity contribution in [1.82, 2.24) is 0 Å². The highest BCUT2D eigenvalue weighted by Gasteiger charge is 2.52. The van der Waals surface area contributed by atoms with Crippen LogP contribution in [0.1, 0.15) is 18.1 Å². The van der Waals surface area contributed by atoms with Crippen LogP contribution in [0.15, 0.2) is 42.5 Å². The van der Waals surface area contributed by atoms with Gasteiger partial charge in [-0.3, -0.25) is 0 Å². The standard InChI is InChI=1S/C36H48O20/c1-15-25(42)27(44)29(46)36(52-15)56-33-26(43)22(13-37)53-35(31(33)48)51-14-23-32(55-24(41)8-5-16-3-6-18(38)20(40)11-16)28(45)30(47)34(54-23)50-10-9-17-4-7-19(39)21(12-17)49-2/h3-8,11-12,15,22-23,25-40,42-48H,9-10,13-14H2,1-2H3/b8-5+/t15-,22-,23-,25+,26-,27+,28-,29+,30+,31-,32-,33+,34+,35-,36+/m1/s1. The Bertz CT molecular complexity index is 1620. The monoisotopic (exact) mass is 800 g/mol. The van der Waals surface area contributed by atoms with Crippen molar-refractivity contribution in [1.29, 1.82) is 0 Å². The predicted molar refractivity (Wildman–Crippen MR) is 185 cm³/mol. The smallest absolute Gasteiger partial charge is 0.331 e. The highest BCUT2D eigenvalue weighted by atomic mass is 16.7. The Morgan fingerprint density at radius 3 is 2.09 bits per heavy atom. The van der Waals surface area contributed by atoms with Crippen molar-refractivity contribution in [3.8, 4) is 23.0 Å². The molecule has 0 bridgehead atoms. The molecule has 3 aliphatic rings. The molecule has 20 heteroatoms. The average molecular weight is 801 g/mol. The zero-order chi connectivity index (χ0) is 40.8. The fraction of sp³-hybridized carbons (Fsp3) is 0.583. The Kier molecular flexibility index (Phi) is 14.9. The number of hydrogen-bond donors (Lipinski definition) is 11. The maximum Gasteiger partial charge on any atom is 0.331 e. The van der Waals surface area contributed by atoms with E-state index < -0.39 is 117 Å². The van der Waals surface area contributed by atoms with E-state index in [1.165, 1.54) is 44.4 Å². The van der Waals surface area contributed by atoms with Gasteiger partial charge in [-0.05, 0) is 54.8 Å². The molecule has 2 aromatic rings. The van der Waals surface area contributed by atoms with Gasteiger partial charge in [0.2, 0.25) is 0 Å². The molecule has 0 spiro atoms. The van der Waals surface area contributed by atoms with E-state index in [4.69, 9.17) is 37.9 Å². The second-order valence-corrected chi connectivity index (χ2v) is 13.5. The summed E-state index contributed by atoms with van der Waals surface area (Å²) in [5.41, 5.74) is 0.975. The molecular formula is C36H48O20. The summed E-state index contributed by atoms with van der Waals surface area (Å²) in [6.45, 7) is -0.150. The van der Waals surface area contributed by atoms with Gasteiger partial charge < -0.3 is 94.1 Å². The third-order valence-electron chi connectivity index (χ3n) is 9.57. The first kappa shape index (κ1) is 43.4. The molecule has 15 atom stereocenters. The Morgan fingerprint density at radius 1 is 0.714 bits per heavy atom. The van der Waals surface area contributed by atoms with E-state index in [9.17, 15) is 61.0 Å². The number of rotatable bonds is 14. The lowest BCUT2D eigenvalue weighted by Crippen LogP contribution is -2.65. The number of benzene rings is 2. The maximum atomic E-state index is 13.0. The van der Waals surface area contributed by atoms with Gasteiger partial charge in [0, 0.05) is 6.08 Å². The normalized spacial score (nSPS) is 36.4. The molecule has 56 heavy (non-hydrogen) atoms. The highest BCUT2D eigenvalue weighted by molar-refractivity contribution is 5.87. The topological polar surface area (TPSA) is 313 Å². The molecular weight excluding hydrogens is 752 g/mol. The van der Waals surface area contributed by atoms with Crippen molar-refractivity contribution in [2.75, 3.05) is 26.9 Å². The summed E-state index contributed by atoms with van der Waals surface area (Å²) in [4.78, 5) is 13.0. The van der Waals surface area contributed by atoms with E-state index in [2.05, 4.69) is 0 Å². The second-order valence-electron chi connectivity index (χ2n) is 13.5. The maximum absolute atomic E-state index is 13.0. The number of ether oxygens (including phenoxy) is 8. The second kappa shape index (κ2) is 19.2. The van der Waals surface area contributed by atoms with Gasteiger partial charge in [0.15, 0.2) is 48.0 Å². The van der Waals surface area contributed by atoms with Crippen molar-refractivity contribution in [3.63, 3.8) is 0 Å². The van der Waals surface area contributed by atoms with Gasteiger partial charge in [-0.1, -0.05) is 12.1 Å². The Hall–Kier alpha value is -3.71. The quantitative estimate of drug-likeness (QED) is 0.0519. The number of carbonyl (C=O) groups is 1. The fourth-order valence-corrected chi connectivity index (χ4v) is 6.30. The fourth-order valence-electron chi connectivity index (χ4n) is 6.30. The molecule has 0 aliphatic carbocycles. The van der Waals surface area contributed by atoms with Crippen molar-refractivity contribution in [2.24, 2.45) is 0 Å². The third kappa shape index (κ3) is 10.0. The number of aliphatic hydroxyl groups excluding tert-OH is 8. The Morgan fingerprint density at radius 2 is 1.39 bits per heavy atom. The van der Waals surface area contributed by atoms with Gasteiger partial charge in [0.05, 0.1) is 33.0 Å². The summed E-state index contributed by atoms with van der Waals surface area (Å²) in [5.74, 6) is -1.74. The molecule has 0 unspecified atom stereocenters. The molecule has 5 rings (SSSR count). The van der Waals surface area contributed by atoms with Crippen molar-refractivity contribution in [2.45, 2.75) is 105 Å². The van der Waals surface area contributed by atoms with Gasteiger partial charge in [-0.15, -0.1) is 0 Å². The number of phenols is 3. The molecule has 3 saturated heterocycles. The number of methoxy groups -OCH3 is 1. The van der Waals surface area contributed by atoms with E-state index in [0.29, 0.717) is 11.1 Å². The Balaban J connectivity index is 1.31. The molecule has 312 valence electrons. The van der Waals surface area contributed by atoms with Crippen molar-refractivity contribution in [3.05, 3.63) is 53.6 Å². The van der Waals surface area contributed by atoms with Crippen LogP contribution in [0.5, 0.6) is 23.0 Å². The number of hydrogen-bond acceptors (Lipinski definition) is 20. The molecule has 2 aromatic carbocycles. The Labute approximate surface area is 319 Å². The zero-order valence-electron chi connectivity index (χ0n) is 30.2. The lowest BCUT2D eigenvalue weighted by Gasteiger charge is -2.46. The molecule has 0 radical (unpaired) electrons. The molecule has 3 heterocycles. The third-order valence-corrected chi connectivity index (χ3v) is 9.57. The first-order valence-electron chi connectivity index (χ1n) is 17.6. The average Bonchev–Trinajstić information content (AvgIpc) is 3.18. The minimum absolute atomic E-state index is 0.0799. The van der Waals surface area contributed by atoms with Gasteiger partial charge >= 0.3 is 5.97 Å². The van der Waals surface area contributed by atoms with E-state index in [1.54, 1.807) is 12.1 Å². The van der Waals surface area contributed by atoms with Crippen molar-refractivity contribution < 1.29 is 98.9 Å². The molecule has 11 N–H and O–H groups in total. The van der Waals surface area contributed by atoms with E-state index in [1.807, 2.05) is 0 Å². The lowest BCUT2D eigenvalue weighted by molar-refractivity contribution is -0.363. The van der Waals surface area contributed by atoms with Gasteiger partial charge in [0.1, 0.15) is 61.0 Å². The molecule has 20 nitrogen and oxygen atoms in total. The van der Waals surface area contributed by atoms with E-state index in [0.717, 1.165) is 6.08 Å². The predicted octanol–water partition coefficient (Wildman–Crippen LogP) is -2.89. The number of esters is 1. The van der Waals surface area contributed by atoms with Crippen LogP contribution in [0, 0.1) is 0 Å². The highest BCUT2D eigenvalue weighted by Crippen LogP contribution is 2.32. The summed E-state index contributed by atoms with van der Waals surface area (Å²) < 4.78 is 44.7. The minimum Gasteiger partial charge on any atom is -0.504 e. The molecule has 0 saturated carbocycles. The summed E-state index contributed by atoms with van der Waals surface area (Å²) in [6.07, 6.45) is -21.9. The number of carbonyl (C=O) groups excluding carboxylic acids is 1. The summed E-state index contributed by atoms with van der Waals surface area (Å²) in [6, 6.07) is 8.36. The van der Waals surface area contributed by atoms with E-state index >= 15 is 0 Å². The first-order chi connectivity index (χ1) is 26.6.